The maximum atomic E-state index is 12.8. The van der Waals surface area contributed by atoms with Crippen molar-refractivity contribution in [1.29, 1.82) is 0 Å². The minimum Gasteiger partial charge on any atom is -0.301 e. The van der Waals surface area contributed by atoms with Crippen LogP contribution in [0.15, 0.2) is 35.9 Å². The molecule has 88 valence electrons. The zero-order valence-electron chi connectivity index (χ0n) is 9.61. The van der Waals surface area contributed by atoms with Crippen LogP contribution in [-0.2, 0) is 9.59 Å². The number of amides is 1. The molecule has 0 bridgehead atoms. The van der Waals surface area contributed by atoms with Crippen molar-refractivity contribution in [3.63, 3.8) is 0 Å². The van der Waals surface area contributed by atoms with Crippen LogP contribution < -0.4 is 4.90 Å². The topological polar surface area (TPSA) is 37.4 Å². The van der Waals surface area contributed by atoms with Crippen LogP contribution in [0.5, 0.6) is 0 Å². The van der Waals surface area contributed by atoms with Gasteiger partial charge in [0.15, 0.2) is 5.78 Å². The van der Waals surface area contributed by atoms with Crippen molar-refractivity contribution < 1.29 is 14.0 Å². The number of carbonyl (C=O) groups is 2. The number of halogens is 1. The lowest BCUT2D eigenvalue weighted by molar-refractivity contribution is -0.119. The van der Waals surface area contributed by atoms with Gasteiger partial charge in [0.25, 0.3) is 5.91 Å². The molecule has 1 aliphatic heterocycles. The zero-order chi connectivity index (χ0) is 12.6. The maximum Gasteiger partial charge on any atom is 0.256 e. The molecular weight excluding hydrogens is 221 g/mol. The van der Waals surface area contributed by atoms with Crippen molar-refractivity contribution in [3.8, 4) is 0 Å². The fourth-order valence-corrected chi connectivity index (χ4v) is 1.91. The number of hydrogen-bond donors (Lipinski definition) is 0. The van der Waals surface area contributed by atoms with Crippen molar-refractivity contribution in [2.45, 2.75) is 19.9 Å². The number of rotatable bonds is 2. The molecule has 1 atom stereocenters. The summed E-state index contributed by atoms with van der Waals surface area (Å²) < 4.78 is 12.8. The van der Waals surface area contributed by atoms with Crippen LogP contribution in [0.4, 0.5) is 10.1 Å². The van der Waals surface area contributed by atoms with E-state index in [9.17, 15) is 14.0 Å². The third kappa shape index (κ3) is 1.98. The Labute approximate surface area is 98.5 Å². The predicted molar refractivity (Wildman–Crippen MR) is 62.1 cm³/mol. The van der Waals surface area contributed by atoms with E-state index in [0.29, 0.717) is 11.3 Å². The minimum atomic E-state index is -0.339. The number of β-lactam (4-membered cyclic amide) rings is 1. The second-order valence-corrected chi connectivity index (χ2v) is 4.04. The highest BCUT2D eigenvalue weighted by Crippen LogP contribution is 2.31. The van der Waals surface area contributed by atoms with Gasteiger partial charge in [-0.25, -0.2) is 4.39 Å². The third-order valence-electron chi connectivity index (χ3n) is 2.77. The lowest BCUT2D eigenvalue weighted by Gasteiger charge is -2.40. The summed E-state index contributed by atoms with van der Waals surface area (Å²) in [5.74, 6) is -0.674. The Morgan fingerprint density at radius 1 is 1.35 bits per heavy atom. The molecule has 1 aromatic rings. The molecule has 0 aliphatic carbocycles. The molecule has 0 aromatic heterocycles. The average molecular weight is 233 g/mol. The Balaban J connectivity index is 2.24. The molecule has 2 rings (SSSR count). The standard InChI is InChI=1S/C13H12FNO2/c1-8(16)7-12-9(2)15(13(12)17)11-5-3-10(14)4-6-11/h3-7,9H,1-2H3/b12-7+. The molecule has 1 aromatic carbocycles. The molecule has 1 aliphatic rings. The predicted octanol–water partition coefficient (Wildman–Crippen LogP) is 2.08. The van der Waals surface area contributed by atoms with Gasteiger partial charge in [-0.3, -0.25) is 9.59 Å². The summed E-state index contributed by atoms with van der Waals surface area (Å²) in [5.41, 5.74) is 1.14. The van der Waals surface area contributed by atoms with Crippen molar-refractivity contribution >= 4 is 17.4 Å². The summed E-state index contributed by atoms with van der Waals surface area (Å²) in [5, 5.41) is 0. The van der Waals surface area contributed by atoms with Crippen LogP contribution in [0.2, 0.25) is 0 Å². The molecule has 1 unspecified atom stereocenters. The van der Waals surface area contributed by atoms with Crippen LogP contribution in [0.3, 0.4) is 0 Å². The molecule has 3 nitrogen and oxygen atoms in total. The van der Waals surface area contributed by atoms with Gasteiger partial charge >= 0.3 is 0 Å². The molecule has 1 fully saturated rings. The molecule has 0 N–H and O–H groups in total. The van der Waals surface area contributed by atoms with Crippen LogP contribution in [0, 0.1) is 5.82 Å². The Morgan fingerprint density at radius 2 is 1.94 bits per heavy atom. The molecule has 0 radical (unpaired) electrons. The van der Waals surface area contributed by atoms with Gasteiger partial charge in [0.05, 0.1) is 6.04 Å². The van der Waals surface area contributed by atoms with E-state index in [1.165, 1.54) is 30.0 Å². The molecule has 17 heavy (non-hydrogen) atoms. The molecular formula is C13H12FNO2. The van der Waals surface area contributed by atoms with Gasteiger partial charge in [-0.15, -0.1) is 0 Å². The number of allylic oxidation sites excluding steroid dienone is 1. The van der Waals surface area contributed by atoms with Gasteiger partial charge in [0, 0.05) is 11.3 Å². The number of ketones is 1. The Kier molecular flexibility index (Phi) is 2.79. The summed E-state index contributed by atoms with van der Waals surface area (Å²) in [7, 11) is 0. The van der Waals surface area contributed by atoms with Gasteiger partial charge in [-0.05, 0) is 44.2 Å². The minimum absolute atomic E-state index is 0.140. The quantitative estimate of drug-likeness (QED) is 0.579. The van der Waals surface area contributed by atoms with Gasteiger partial charge in [0.2, 0.25) is 0 Å². The van der Waals surface area contributed by atoms with E-state index >= 15 is 0 Å². The number of carbonyl (C=O) groups excluding carboxylic acids is 2. The SMILES string of the molecule is CC(=O)/C=C1/C(=O)N(c2ccc(F)cc2)C1C. The number of anilines is 1. The fraction of sp³-hybridized carbons (Fsp3) is 0.231. The highest BCUT2D eigenvalue weighted by atomic mass is 19.1. The molecule has 0 saturated carbocycles. The van der Waals surface area contributed by atoms with Crippen molar-refractivity contribution in [2.75, 3.05) is 4.90 Å². The first-order chi connectivity index (χ1) is 8.00. The first kappa shape index (κ1) is 11.5. The van der Waals surface area contributed by atoms with E-state index < -0.39 is 0 Å². The van der Waals surface area contributed by atoms with E-state index in [1.54, 1.807) is 12.1 Å². The lowest BCUT2D eigenvalue weighted by Crippen LogP contribution is -2.54. The molecule has 4 heteroatoms. The van der Waals surface area contributed by atoms with Crippen molar-refractivity contribution in [2.24, 2.45) is 0 Å². The van der Waals surface area contributed by atoms with Crippen LogP contribution >= 0.6 is 0 Å². The second-order valence-electron chi connectivity index (χ2n) is 4.04. The van der Waals surface area contributed by atoms with E-state index in [0.717, 1.165) is 0 Å². The fourth-order valence-electron chi connectivity index (χ4n) is 1.91. The zero-order valence-corrected chi connectivity index (χ0v) is 9.61. The van der Waals surface area contributed by atoms with E-state index in [1.807, 2.05) is 6.92 Å². The Hall–Kier alpha value is -1.97. The van der Waals surface area contributed by atoms with Crippen LogP contribution in [-0.4, -0.2) is 17.7 Å². The monoisotopic (exact) mass is 233 g/mol. The third-order valence-corrected chi connectivity index (χ3v) is 2.77. The van der Waals surface area contributed by atoms with Gasteiger partial charge in [-0.2, -0.15) is 0 Å². The van der Waals surface area contributed by atoms with E-state index in [-0.39, 0.29) is 23.5 Å². The number of benzene rings is 1. The molecule has 1 amide bonds. The smallest absolute Gasteiger partial charge is 0.256 e. The van der Waals surface area contributed by atoms with Crippen molar-refractivity contribution in [1.82, 2.24) is 0 Å². The van der Waals surface area contributed by atoms with Gasteiger partial charge in [-0.1, -0.05) is 0 Å². The van der Waals surface area contributed by atoms with E-state index in [2.05, 4.69) is 0 Å². The highest BCUT2D eigenvalue weighted by Gasteiger charge is 2.39. The van der Waals surface area contributed by atoms with E-state index in [4.69, 9.17) is 0 Å². The second kappa shape index (κ2) is 4.13. The lowest BCUT2D eigenvalue weighted by atomic mass is 9.94. The molecule has 0 spiro atoms. The van der Waals surface area contributed by atoms with Gasteiger partial charge < -0.3 is 4.90 Å². The molecule has 1 saturated heterocycles. The maximum absolute atomic E-state index is 12.8. The first-order valence-electron chi connectivity index (χ1n) is 5.32. The summed E-state index contributed by atoms with van der Waals surface area (Å²) in [6.45, 7) is 3.24. The average Bonchev–Trinajstić information content (AvgIpc) is 2.29. The number of nitrogens with zero attached hydrogens (tertiary/aromatic N) is 1. The van der Waals surface area contributed by atoms with Gasteiger partial charge in [0.1, 0.15) is 5.82 Å². The first-order valence-corrected chi connectivity index (χ1v) is 5.32. The Bertz CT molecular complexity index is 505. The highest BCUT2D eigenvalue weighted by molar-refractivity contribution is 6.17. The normalized spacial score (nSPS) is 21.6. The summed E-state index contributed by atoms with van der Waals surface area (Å²) in [6, 6.07) is 5.57. The summed E-state index contributed by atoms with van der Waals surface area (Å²) in [6.07, 6.45) is 1.35. The number of hydrogen-bond acceptors (Lipinski definition) is 2. The largest absolute Gasteiger partial charge is 0.301 e. The Morgan fingerprint density at radius 3 is 2.41 bits per heavy atom. The van der Waals surface area contributed by atoms with Crippen LogP contribution in [0.25, 0.3) is 0 Å². The summed E-state index contributed by atoms with van der Waals surface area (Å²) >= 11 is 0. The van der Waals surface area contributed by atoms with Crippen LogP contribution in [0.1, 0.15) is 13.8 Å². The summed E-state index contributed by atoms with van der Waals surface area (Å²) in [4.78, 5) is 24.3. The van der Waals surface area contributed by atoms with Crippen molar-refractivity contribution in [3.05, 3.63) is 41.7 Å². The molecule has 1 heterocycles.